The Bertz CT molecular complexity index is 60.3. The Morgan fingerprint density at radius 1 is 1.25 bits per heavy atom. The topological polar surface area (TPSA) is 20.2 Å². The third-order valence-electron chi connectivity index (χ3n) is 0.577. The molecule has 0 rings (SSSR count). The summed E-state index contributed by atoms with van der Waals surface area (Å²) in [7, 11) is -0.248. The van der Waals surface area contributed by atoms with Gasteiger partial charge in [0.05, 0.1) is 6.16 Å². The minimum absolute atomic E-state index is 0. The first-order valence-electron chi connectivity index (χ1n) is 3.79. The smallest absolute Gasteiger partial charge is 0.116 e. The van der Waals surface area contributed by atoms with Crippen LogP contribution in [0.3, 0.4) is 0 Å². The summed E-state index contributed by atoms with van der Waals surface area (Å²) in [5.74, 6) is 1.27. The van der Waals surface area contributed by atoms with Crippen molar-refractivity contribution in [2.45, 2.75) is 27.7 Å². The summed E-state index contributed by atoms with van der Waals surface area (Å²) < 4.78 is 0. The molecular weight excluding hydrogens is 416 g/mol. The molecule has 4 heteroatoms. The first kappa shape index (κ1) is 23.8. The first-order valence-corrected chi connectivity index (χ1v) is 5.13. The molecular formula is C8H21OPWY. The minimum atomic E-state index is -0.248. The van der Waals surface area contributed by atoms with E-state index in [1.165, 1.54) is 0 Å². The van der Waals surface area contributed by atoms with Crippen LogP contribution in [-0.4, -0.2) is 11.1 Å². The molecule has 0 fully saturated rings. The van der Waals surface area contributed by atoms with E-state index >= 15 is 0 Å². The van der Waals surface area contributed by atoms with Gasteiger partial charge in [-0.3, -0.25) is 4.89 Å². The molecule has 0 aliphatic rings. The predicted molar refractivity (Wildman–Crippen MR) is 51.8 cm³/mol. The fraction of sp³-hybridized carbons (Fsp3) is 0.875. The van der Waals surface area contributed by atoms with Gasteiger partial charge in [-0.1, -0.05) is 27.7 Å². The Kier molecular flexibility index (Phi) is 37.4. The molecule has 1 N–H and O–H groups in total. The molecule has 1 radical (unpaired) electrons. The van der Waals surface area contributed by atoms with Crippen LogP contribution in [0, 0.1) is 18.8 Å². The largest absolute Gasteiger partial charge is 0.341 e. The summed E-state index contributed by atoms with van der Waals surface area (Å²) in [4.78, 5) is 8.32. The van der Waals surface area contributed by atoms with E-state index in [-0.39, 0.29) is 62.6 Å². The van der Waals surface area contributed by atoms with Crippen LogP contribution in [0.15, 0.2) is 0 Å². The van der Waals surface area contributed by atoms with E-state index in [9.17, 15) is 0 Å². The van der Waals surface area contributed by atoms with E-state index in [1.807, 2.05) is 0 Å². The van der Waals surface area contributed by atoms with Crippen molar-refractivity contribution in [3.63, 3.8) is 0 Å². The summed E-state index contributed by atoms with van der Waals surface area (Å²) in [6.07, 6.45) is 1.01. The van der Waals surface area contributed by atoms with Crippen LogP contribution >= 0.6 is 8.81 Å². The van der Waals surface area contributed by atoms with Crippen LogP contribution < -0.4 is 0 Å². The zero-order valence-electron chi connectivity index (χ0n) is 8.58. The zero-order valence-corrected chi connectivity index (χ0v) is 15.5. The van der Waals surface area contributed by atoms with Crippen LogP contribution in [0.2, 0.25) is 0 Å². The van der Waals surface area contributed by atoms with E-state index in [1.54, 1.807) is 0 Å². The van der Waals surface area contributed by atoms with Gasteiger partial charge in [-0.2, -0.15) is 5.92 Å². The minimum Gasteiger partial charge on any atom is -0.341 e. The van der Waals surface area contributed by atoms with Gasteiger partial charge >= 0.3 is 0 Å². The van der Waals surface area contributed by atoms with Gasteiger partial charge in [0.2, 0.25) is 0 Å². The molecule has 1 nitrogen and oxygen atoms in total. The van der Waals surface area contributed by atoms with Crippen LogP contribution in [0.25, 0.3) is 0 Å². The SMILES string of the molecule is CC(C)C[PH2+]O.[CH2-]C(C)C.[W].[Y]. The molecule has 0 aromatic rings. The molecule has 12 heavy (non-hydrogen) atoms. The predicted octanol–water partition coefficient (Wildman–Crippen LogP) is 2.43. The maximum absolute atomic E-state index is 8.32. The Labute approximate surface area is 119 Å². The molecule has 0 saturated heterocycles. The van der Waals surface area contributed by atoms with Gasteiger partial charge in [0, 0.05) is 53.8 Å². The van der Waals surface area contributed by atoms with Gasteiger partial charge in [-0.25, -0.2) is 0 Å². The van der Waals surface area contributed by atoms with Crippen molar-refractivity contribution in [2.75, 3.05) is 6.16 Å². The van der Waals surface area contributed by atoms with Gasteiger partial charge in [0.25, 0.3) is 0 Å². The maximum Gasteiger partial charge on any atom is 0.116 e. The van der Waals surface area contributed by atoms with Crippen LogP contribution in [-0.2, 0) is 53.8 Å². The summed E-state index contributed by atoms with van der Waals surface area (Å²) in [5, 5.41) is 0. The van der Waals surface area contributed by atoms with E-state index in [0.29, 0.717) is 11.8 Å². The van der Waals surface area contributed by atoms with Crippen molar-refractivity contribution in [1.82, 2.24) is 0 Å². The van der Waals surface area contributed by atoms with Gasteiger partial charge in [0.1, 0.15) is 8.81 Å². The zero-order chi connectivity index (χ0) is 8.57. The average Bonchev–Trinajstić information content (AvgIpc) is 1.62. The van der Waals surface area contributed by atoms with E-state index < -0.39 is 0 Å². The Hall–Kier alpha value is 2.18. The number of rotatable bonds is 2. The van der Waals surface area contributed by atoms with Gasteiger partial charge in [-0.05, 0) is 5.92 Å². The molecule has 0 aliphatic heterocycles. The molecule has 0 aliphatic carbocycles. The first-order chi connectivity index (χ1) is 4.50. The summed E-state index contributed by atoms with van der Waals surface area (Å²) in [6, 6.07) is 0. The Balaban J connectivity index is -0.0000000483. The third-order valence-corrected chi connectivity index (χ3v) is 1.73. The van der Waals surface area contributed by atoms with E-state index in [2.05, 4.69) is 34.6 Å². The maximum atomic E-state index is 8.32. The number of hydrogen-bond acceptors (Lipinski definition) is 1. The summed E-state index contributed by atoms with van der Waals surface area (Å²) >= 11 is 0. The molecule has 1 atom stereocenters. The summed E-state index contributed by atoms with van der Waals surface area (Å²) in [6.45, 7) is 12.0. The normalized spacial score (nSPS) is 9.00. The number of hydrogen-bond donors (Lipinski definition) is 1. The molecule has 0 heterocycles. The fourth-order valence-corrected chi connectivity index (χ4v) is 0.632. The molecule has 0 aromatic heterocycles. The monoisotopic (exact) mass is 437 g/mol. The molecule has 0 saturated carbocycles. The summed E-state index contributed by atoms with van der Waals surface area (Å²) in [5.41, 5.74) is 0. The standard InChI is InChI=1S/C4H11OP.C4H9.W.Y/c1-4(2)3-6-5;1-4(2)3;;/h4-6H,3H2,1-2H3;4H,1H2,2-3H3;;/q;-1;;/p+1. The van der Waals surface area contributed by atoms with Crippen LogP contribution in [0.5, 0.6) is 0 Å². The van der Waals surface area contributed by atoms with Gasteiger partial charge in [0.15, 0.2) is 0 Å². The van der Waals surface area contributed by atoms with Crippen LogP contribution in [0.1, 0.15) is 27.7 Å². The second kappa shape index (κ2) is 18.9. The molecule has 73 valence electrons. The van der Waals surface area contributed by atoms with Crippen LogP contribution in [0.4, 0.5) is 0 Å². The van der Waals surface area contributed by atoms with Crippen molar-refractivity contribution in [3.05, 3.63) is 6.92 Å². The second-order valence-corrected chi connectivity index (χ2v) is 4.04. The Morgan fingerprint density at radius 3 is 1.50 bits per heavy atom. The Morgan fingerprint density at radius 2 is 1.50 bits per heavy atom. The fourth-order valence-electron chi connectivity index (χ4n) is 0.211. The molecule has 0 bridgehead atoms. The average molecular weight is 437 g/mol. The van der Waals surface area contributed by atoms with Crippen molar-refractivity contribution < 1.29 is 58.7 Å². The van der Waals surface area contributed by atoms with Gasteiger partial charge < -0.3 is 6.92 Å². The molecule has 1 unspecified atom stereocenters. The molecule has 0 amide bonds. The third kappa shape index (κ3) is 56.7. The van der Waals surface area contributed by atoms with Gasteiger partial charge in [-0.15, -0.1) is 0 Å². The molecule has 0 spiro atoms. The quantitative estimate of drug-likeness (QED) is 0.520. The van der Waals surface area contributed by atoms with Crippen molar-refractivity contribution in [2.24, 2.45) is 11.8 Å². The van der Waals surface area contributed by atoms with Crippen molar-refractivity contribution in [1.29, 1.82) is 0 Å². The van der Waals surface area contributed by atoms with Crippen molar-refractivity contribution >= 4 is 8.81 Å². The van der Waals surface area contributed by atoms with E-state index in [0.717, 1.165) is 6.16 Å². The van der Waals surface area contributed by atoms with Crippen molar-refractivity contribution in [3.8, 4) is 0 Å². The second-order valence-electron chi connectivity index (χ2n) is 3.21. The van der Waals surface area contributed by atoms with E-state index in [4.69, 9.17) is 4.89 Å². The molecule has 0 aromatic carbocycles.